The van der Waals surface area contributed by atoms with Crippen LogP contribution in [-0.4, -0.2) is 93.9 Å². The van der Waals surface area contributed by atoms with E-state index in [4.69, 9.17) is 26.7 Å². The van der Waals surface area contributed by atoms with Crippen molar-refractivity contribution in [3.63, 3.8) is 0 Å². The van der Waals surface area contributed by atoms with Crippen LogP contribution in [-0.2, 0) is 11.8 Å². The average Bonchev–Trinajstić information content (AvgIpc) is 3.58. The number of nitrogens with one attached hydrogen (secondary N) is 3. The molecule has 0 radical (unpaired) electrons. The molecule has 1 unspecified atom stereocenters. The van der Waals surface area contributed by atoms with Crippen molar-refractivity contribution in [3.8, 4) is 0 Å². The first-order valence-corrected chi connectivity index (χ1v) is 22.3. The summed E-state index contributed by atoms with van der Waals surface area (Å²) in [6, 6.07) is 9.50. The Balaban J connectivity index is 0.800. The van der Waals surface area contributed by atoms with Crippen molar-refractivity contribution in [1.82, 2.24) is 40.3 Å². The van der Waals surface area contributed by atoms with Crippen LogP contribution >= 0.6 is 11.6 Å². The molecule has 1 aromatic carbocycles. The van der Waals surface area contributed by atoms with Gasteiger partial charge >= 0.3 is 0 Å². The molecule has 1 saturated carbocycles. The number of hydrogen-bond donors (Lipinski definition) is 3. The molecule has 1 aliphatic carbocycles. The molecule has 61 heavy (non-hydrogen) atoms. The first-order chi connectivity index (χ1) is 29.4. The second kappa shape index (κ2) is 16.5. The van der Waals surface area contributed by atoms with Crippen LogP contribution in [0.1, 0.15) is 82.4 Å². The SMILES string of the molecule is C=C(CCC1=Cc2cc(Nc3nc(N4CCC5(CC4)CC(N4CCN(c6cccc7c(C8CCC(=O)NC8=C)nn(C)c67)CC4)C5)ncc3Cl)cnc2N(C(C)C)C1=C)NC. The summed E-state index contributed by atoms with van der Waals surface area (Å²) in [6.07, 6.45) is 13.4. The van der Waals surface area contributed by atoms with Crippen LogP contribution < -0.4 is 30.7 Å². The van der Waals surface area contributed by atoms with Crippen molar-refractivity contribution in [2.24, 2.45) is 12.5 Å². The third-order valence-electron chi connectivity index (χ3n) is 13.9. The van der Waals surface area contributed by atoms with Gasteiger partial charge in [-0.25, -0.2) is 9.97 Å². The number of anilines is 5. The molecule has 3 saturated heterocycles. The van der Waals surface area contributed by atoms with E-state index in [1.165, 1.54) is 24.1 Å². The van der Waals surface area contributed by atoms with Gasteiger partial charge in [0.1, 0.15) is 10.8 Å². The highest BCUT2D eigenvalue weighted by Crippen LogP contribution is 2.51. The van der Waals surface area contributed by atoms with Crippen molar-refractivity contribution >= 4 is 63.4 Å². The minimum absolute atomic E-state index is 0.0360. The number of piperidine rings is 2. The minimum atomic E-state index is 0.0360. The number of benzene rings is 1. The Hall–Kier alpha value is -5.40. The number of nitrogens with zero attached hydrogens (tertiary/aromatic N) is 9. The highest BCUT2D eigenvalue weighted by molar-refractivity contribution is 6.32. The van der Waals surface area contributed by atoms with E-state index < -0.39 is 0 Å². The Bertz CT molecular complexity index is 2410. The van der Waals surface area contributed by atoms with Gasteiger partial charge in [0.15, 0.2) is 5.82 Å². The van der Waals surface area contributed by atoms with Crippen LogP contribution in [0.5, 0.6) is 0 Å². The Kier molecular flexibility index (Phi) is 11.1. The van der Waals surface area contributed by atoms with E-state index in [9.17, 15) is 4.79 Å². The predicted molar refractivity (Wildman–Crippen MR) is 247 cm³/mol. The molecular weight excluding hydrogens is 784 g/mol. The zero-order valence-corrected chi connectivity index (χ0v) is 36.9. The van der Waals surface area contributed by atoms with Crippen molar-refractivity contribution in [2.75, 3.05) is 66.3 Å². The number of aromatic nitrogens is 5. The van der Waals surface area contributed by atoms with Crippen LogP contribution in [0.4, 0.5) is 29.0 Å². The third kappa shape index (κ3) is 7.86. The molecular formula is C47H59ClN12O. The van der Waals surface area contributed by atoms with E-state index in [0.29, 0.717) is 34.7 Å². The largest absolute Gasteiger partial charge is 0.392 e. The number of para-hydroxylation sites is 1. The van der Waals surface area contributed by atoms with Gasteiger partial charge in [0.25, 0.3) is 0 Å². The lowest BCUT2D eigenvalue weighted by Crippen LogP contribution is -2.59. The number of carbonyl (C=O) groups excluding carboxylic acids is 1. The van der Waals surface area contributed by atoms with Crippen LogP contribution in [0.15, 0.2) is 79.1 Å². The average molecular weight is 844 g/mol. The summed E-state index contributed by atoms with van der Waals surface area (Å²) < 4.78 is 2.02. The van der Waals surface area contributed by atoms with E-state index in [2.05, 4.69) is 104 Å². The molecule has 1 atom stereocenters. The van der Waals surface area contributed by atoms with Gasteiger partial charge in [0, 0.05) is 106 Å². The summed E-state index contributed by atoms with van der Waals surface area (Å²) in [7, 11) is 3.94. The Morgan fingerprint density at radius 1 is 1.05 bits per heavy atom. The molecule has 4 aliphatic heterocycles. The van der Waals surface area contributed by atoms with Crippen molar-refractivity contribution in [1.29, 1.82) is 0 Å². The van der Waals surface area contributed by atoms with Gasteiger partial charge in [0.05, 0.1) is 35.0 Å². The van der Waals surface area contributed by atoms with E-state index in [0.717, 1.165) is 122 Å². The topological polar surface area (TPSA) is 123 Å². The second-order valence-electron chi connectivity index (χ2n) is 18.0. The summed E-state index contributed by atoms with van der Waals surface area (Å²) >= 11 is 6.70. The molecule has 7 heterocycles. The molecule has 14 heteroatoms. The number of fused-ring (bicyclic) bond motifs is 2. The number of amides is 1. The maximum absolute atomic E-state index is 12.0. The zero-order chi connectivity index (χ0) is 42.6. The highest BCUT2D eigenvalue weighted by atomic mass is 35.5. The summed E-state index contributed by atoms with van der Waals surface area (Å²) in [5, 5.41) is 16.2. The summed E-state index contributed by atoms with van der Waals surface area (Å²) in [6.45, 7) is 23.0. The van der Waals surface area contributed by atoms with Gasteiger partial charge < -0.3 is 30.7 Å². The molecule has 3 N–H and O–H groups in total. The van der Waals surface area contributed by atoms with Gasteiger partial charge in [-0.15, -0.1) is 0 Å². The lowest BCUT2D eigenvalue weighted by molar-refractivity contribution is -0.121. The summed E-state index contributed by atoms with van der Waals surface area (Å²) in [4.78, 5) is 36.3. The number of aryl methyl sites for hydroxylation is 1. The predicted octanol–water partition coefficient (Wildman–Crippen LogP) is 7.87. The minimum Gasteiger partial charge on any atom is -0.392 e. The molecule has 4 fully saturated rings. The van der Waals surface area contributed by atoms with Crippen LogP contribution in [0.2, 0.25) is 5.02 Å². The summed E-state index contributed by atoms with van der Waals surface area (Å²) in [5.74, 6) is 2.26. The number of pyridine rings is 1. The molecule has 5 aliphatic rings. The highest BCUT2D eigenvalue weighted by Gasteiger charge is 2.48. The second-order valence-corrected chi connectivity index (χ2v) is 18.4. The van der Waals surface area contributed by atoms with Crippen LogP contribution in [0.3, 0.4) is 0 Å². The number of piperazine rings is 1. The number of carbonyl (C=O) groups is 1. The van der Waals surface area contributed by atoms with Crippen LogP contribution in [0, 0.1) is 5.41 Å². The molecule has 9 rings (SSSR count). The van der Waals surface area contributed by atoms with Crippen molar-refractivity contribution in [3.05, 3.63) is 95.3 Å². The van der Waals surface area contributed by atoms with Crippen molar-refractivity contribution in [2.45, 2.75) is 83.2 Å². The van der Waals surface area contributed by atoms with Crippen LogP contribution in [0.25, 0.3) is 17.0 Å². The van der Waals surface area contributed by atoms with E-state index in [1.807, 2.05) is 25.0 Å². The molecule has 1 spiro atoms. The normalized spacial score (nSPS) is 20.8. The summed E-state index contributed by atoms with van der Waals surface area (Å²) in [5.41, 5.74) is 9.55. The van der Waals surface area contributed by atoms with Gasteiger partial charge in [-0.2, -0.15) is 10.1 Å². The Morgan fingerprint density at radius 2 is 1.82 bits per heavy atom. The molecule has 320 valence electrons. The molecule has 13 nitrogen and oxygen atoms in total. The molecule has 1 amide bonds. The number of rotatable bonds is 11. The lowest BCUT2D eigenvalue weighted by atomic mass is 9.60. The van der Waals surface area contributed by atoms with Gasteiger partial charge in [-0.1, -0.05) is 43.5 Å². The smallest absolute Gasteiger partial charge is 0.227 e. The lowest BCUT2D eigenvalue weighted by Gasteiger charge is -2.56. The van der Waals surface area contributed by atoms with E-state index >= 15 is 0 Å². The fourth-order valence-electron chi connectivity index (χ4n) is 10.4. The van der Waals surface area contributed by atoms with Crippen molar-refractivity contribution < 1.29 is 4.79 Å². The number of allylic oxidation sites excluding steroid dienone is 3. The zero-order valence-electron chi connectivity index (χ0n) is 36.1. The van der Waals surface area contributed by atoms with E-state index in [1.54, 1.807) is 6.20 Å². The first kappa shape index (κ1) is 41.0. The van der Waals surface area contributed by atoms with E-state index in [-0.39, 0.29) is 17.9 Å². The quantitative estimate of drug-likeness (QED) is 0.137. The molecule has 0 bridgehead atoms. The fraction of sp³-hybridized carbons (Fsp3) is 0.468. The van der Waals surface area contributed by atoms with Gasteiger partial charge in [-0.05, 0) is 88.0 Å². The standard InChI is InChI=1S/C47H59ClN12O/c1-29(2)60-32(5)33(12-11-30(3)49-6)23-34-24-35(27-50-45(34)60)53-44-39(48)28-51-46(54-44)59-17-15-47(16-18-59)25-36(26-47)57-19-21-58(22-20-57)40-10-8-9-38-42(55-56(7)43(38)40)37-13-14-41(61)52-31(37)4/h8-10,23-24,27-29,36-37,49H,3-5,11-22,25-26H2,1-2,6-7H3,(H,52,61)(H,51,53,54). The van der Waals surface area contributed by atoms with Gasteiger partial charge in [0.2, 0.25) is 11.9 Å². The molecule has 3 aromatic heterocycles. The monoisotopic (exact) mass is 842 g/mol. The third-order valence-corrected chi connectivity index (χ3v) is 14.1. The number of hydrogen-bond acceptors (Lipinski definition) is 11. The maximum Gasteiger partial charge on any atom is 0.227 e. The van der Waals surface area contributed by atoms with Gasteiger partial charge in [-0.3, -0.25) is 14.4 Å². The maximum atomic E-state index is 12.0. The Labute approximate surface area is 364 Å². The number of halogens is 1. The molecule has 4 aromatic rings. The first-order valence-electron chi connectivity index (χ1n) is 21.9. The fourth-order valence-corrected chi connectivity index (χ4v) is 10.5. The Morgan fingerprint density at radius 3 is 2.54 bits per heavy atom.